The zero-order valence-corrected chi connectivity index (χ0v) is 17.5. The van der Waals surface area contributed by atoms with Crippen LogP contribution in [0.5, 0.6) is 0 Å². The molecule has 1 aliphatic carbocycles. The lowest BCUT2D eigenvalue weighted by Crippen LogP contribution is -2.68. The fraction of sp³-hybridized carbons (Fsp3) is 0.474. The van der Waals surface area contributed by atoms with Crippen LogP contribution in [-0.4, -0.2) is 16.5 Å². The van der Waals surface area contributed by atoms with E-state index in [1.807, 2.05) is 0 Å². The molecule has 0 saturated carbocycles. The molecule has 22 heavy (non-hydrogen) atoms. The molecule has 120 valence electrons. The molecule has 0 fully saturated rings. The SMILES string of the molecule is CC1=C(C)C(C)C([Si](C)(N[Si](C)(C)C)c2ccccc2)=C1C. The van der Waals surface area contributed by atoms with E-state index in [0.29, 0.717) is 5.92 Å². The summed E-state index contributed by atoms with van der Waals surface area (Å²) in [6.07, 6.45) is 0. The monoisotopic (exact) mass is 329 g/mol. The highest BCUT2D eigenvalue weighted by atomic mass is 28.4. The molecule has 0 spiro atoms. The van der Waals surface area contributed by atoms with Gasteiger partial charge in [-0.15, -0.1) is 0 Å². The first-order chi connectivity index (χ1) is 10.1. The van der Waals surface area contributed by atoms with E-state index in [4.69, 9.17) is 0 Å². The molecule has 3 heteroatoms. The summed E-state index contributed by atoms with van der Waals surface area (Å²) in [5, 5.41) is 3.21. The second-order valence-electron chi connectivity index (χ2n) is 7.93. The van der Waals surface area contributed by atoms with Gasteiger partial charge in [0.2, 0.25) is 0 Å². The first-order valence-corrected chi connectivity index (χ1v) is 14.3. The maximum Gasteiger partial charge on any atom is 0.177 e. The Labute approximate surface area is 138 Å². The number of hydrogen-bond acceptors (Lipinski definition) is 1. The summed E-state index contributed by atoms with van der Waals surface area (Å²) in [6, 6.07) is 11.2. The molecule has 1 aromatic rings. The van der Waals surface area contributed by atoms with Crippen molar-refractivity contribution in [1.29, 1.82) is 0 Å². The lowest BCUT2D eigenvalue weighted by atomic mass is 10.1. The lowest BCUT2D eigenvalue weighted by molar-refractivity contribution is 0.845. The van der Waals surface area contributed by atoms with Crippen LogP contribution in [0.4, 0.5) is 0 Å². The minimum atomic E-state index is -1.89. The van der Waals surface area contributed by atoms with Crippen LogP contribution in [0.15, 0.2) is 52.2 Å². The third-order valence-corrected chi connectivity index (χ3v) is 13.5. The van der Waals surface area contributed by atoms with E-state index in [-0.39, 0.29) is 0 Å². The highest BCUT2D eigenvalue weighted by Crippen LogP contribution is 2.40. The quantitative estimate of drug-likeness (QED) is 0.787. The van der Waals surface area contributed by atoms with Gasteiger partial charge in [-0.3, -0.25) is 0 Å². The molecule has 2 unspecified atom stereocenters. The van der Waals surface area contributed by atoms with E-state index in [1.54, 1.807) is 10.8 Å². The van der Waals surface area contributed by atoms with E-state index >= 15 is 0 Å². The summed E-state index contributed by atoms with van der Waals surface area (Å²) < 4.78 is 4.19. The molecule has 0 bridgehead atoms. The van der Waals surface area contributed by atoms with E-state index in [1.165, 1.54) is 16.3 Å². The average molecular weight is 330 g/mol. The van der Waals surface area contributed by atoms with Gasteiger partial charge in [-0.05, 0) is 44.0 Å². The molecular weight excluding hydrogens is 298 g/mol. The van der Waals surface area contributed by atoms with Gasteiger partial charge >= 0.3 is 0 Å². The maximum atomic E-state index is 4.19. The van der Waals surface area contributed by atoms with Crippen LogP contribution >= 0.6 is 0 Å². The number of benzene rings is 1. The van der Waals surface area contributed by atoms with E-state index < -0.39 is 16.5 Å². The summed E-state index contributed by atoms with van der Waals surface area (Å²) in [6.45, 7) is 19.1. The Hall–Kier alpha value is -0.906. The summed E-state index contributed by atoms with van der Waals surface area (Å²) in [5.74, 6) is 0.570. The van der Waals surface area contributed by atoms with Crippen molar-refractivity contribution in [1.82, 2.24) is 4.65 Å². The molecule has 0 heterocycles. The Morgan fingerprint density at radius 1 is 0.864 bits per heavy atom. The van der Waals surface area contributed by atoms with Crippen molar-refractivity contribution in [2.75, 3.05) is 0 Å². The van der Waals surface area contributed by atoms with Gasteiger partial charge in [-0.1, -0.05) is 73.2 Å². The van der Waals surface area contributed by atoms with Crippen LogP contribution < -0.4 is 9.83 Å². The molecule has 1 aliphatic rings. The fourth-order valence-corrected chi connectivity index (χ4v) is 14.3. The first kappa shape index (κ1) is 17.4. The Bertz CT molecular complexity index is 623. The Morgan fingerprint density at radius 3 is 1.82 bits per heavy atom. The third-order valence-electron chi connectivity index (χ3n) is 5.16. The number of nitrogens with one attached hydrogen (secondary N) is 1. The van der Waals surface area contributed by atoms with Gasteiger partial charge in [-0.2, -0.15) is 0 Å². The van der Waals surface area contributed by atoms with Gasteiger partial charge in [0.25, 0.3) is 0 Å². The van der Waals surface area contributed by atoms with Crippen LogP contribution in [0.2, 0.25) is 26.2 Å². The molecule has 0 aromatic heterocycles. The van der Waals surface area contributed by atoms with Crippen molar-refractivity contribution in [3.8, 4) is 0 Å². The molecule has 0 amide bonds. The fourth-order valence-electron chi connectivity index (χ4n) is 3.99. The van der Waals surface area contributed by atoms with Crippen LogP contribution in [0, 0.1) is 5.92 Å². The molecule has 2 atom stereocenters. The normalized spacial score (nSPS) is 22.3. The Balaban J connectivity index is 2.62. The summed E-state index contributed by atoms with van der Waals surface area (Å²) in [5.41, 5.74) is 4.60. The highest BCUT2D eigenvalue weighted by Gasteiger charge is 2.43. The van der Waals surface area contributed by atoms with Crippen LogP contribution in [0.1, 0.15) is 27.7 Å². The summed E-state index contributed by atoms with van der Waals surface area (Å²) >= 11 is 0. The van der Waals surface area contributed by atoms with Gasteiger partial charge in [-0.25, -0.2) is 0 Å². The van der Waals surface area contributed by atoms with Crippen LogP contribution in [0.25, 0.3) is 0 Å². The Kier molecular flexibility index (Phi) is 4.72. The second-order valence-corrected chi connectivity index (χ2v) is 16.8. The van der Waals surface area contributed by atoms with E-state index in [0.717, 1.165) is 0 Å². The minimum absolute atomic E-state index is 0.570. The predicted octanol–water partition coefficient (Wildman–Crippen LogP) is 4.74. The lowest BCUT2D eigenvalue weighted by Gasteiger charge is -2.39. The van der Waals surface area contributed by atoms with Gasteiger partial charge in [0.05, 0.1) is 0 Å². The van der Waals surface area contributed by atoms with Gasteiger partial charge < -0.3 is 4.65 Å². The van der Waals surface area contributed by atoms with Gasteiger partial charge in [0.1, 0.15) is 8.24 Å². The zero-order valence-electron chi connectivity index (χ0n) is 15.5. The largest absolute Gasteiger partial charge is 0.353 e. The summed E-state index contributed by atoms with van der Waals surface area (Å²) in [7, 11) is -3.28. The van der Waals surface area contributed by atoms with Crippen LogP contribution in [0.3, 0.4) is 0 Å². The van der Waals surface area contributed by atoms with Crippen molar-refractivity contribution in [2.45, 2.75) is 53.9 Å². The molecule has 0 radical (unpaired) electrons. The molecule has 1 nitrogen and oxygen atoms in total. The van der Waals surface area contributed by atoms with Crippen molar-refractivity contribution in [3.05, 3.63) is 52.2 Å². The smallest absolute Gasteiger partial charge is 0.177 e. The first-order valence-electron chi connectivity index (χ1n) is 8.32. The minimum Gasteiger partial charge on any atom is -0.353 e. The van der Waals surface area contributed by atoms with Crippen molar-refractivity contribution >= 4 is 21.7 Å². The number of hydrogen-bond donors (Lipinski definition) is 1. The molecule has 1 aromatic carbocycles. The predicted molar refractivity (Wildman–Crippen MR) is 104 cm³/mol. The van der Waals surface area contributed by atoms with Gasteiger partial charge in [0.15, 0.2) is 8.24 Å². The van der Waals surface area contributed by atoms with E-state index in [2.05, 4.69) is 88.9 Å². The number of rotatable bonds is 4. The second kappa shape index (κ2) is 5.95. The average Bonchev–Trinajstić information content (AvgIpc) is 2.62. The third kappa shape index (κ3) is 3.07. The zero-order chi connectivity index (χ0) is 16.7. The van der Waals surface area contributed by atoms with Gasteiger partial charge in [0, 0.05) is 0 Å². The Morgan fingerprint density at radius 2 is 1.41 bits per heavy atom. The number of allylic oxidation sites excluding steroid dienone is 4. The molecule has 1 N–H and O–H groups in total. The van der Waals surface area contributed by atoms with Crippen molar-refractivity contribution in [2.24, 2.45) is 5.92 Å². The topological polar surface area (TPSA) is 12.0 Å². The molecule has 0 saturated heterocycles. The van der Waals surface area contributed by atoms with E-state index in [9.17, 15) is 0 Å². The standard InChI is InChI=1S/C19H31NSi2/c1-14-15(2)17(4)19(16(14)3)22(8,20-21(5,6)7)18-12-10-9-11-13-18/h9-13,16,20H,1-8H3. The molecule has 2 rings (SSSR count). The summed E-state index contributed by atoms with van der Waals surface area (Å²) in [4.78, 5) is 0. The molecule has 0 aliphatic heterocycles. The van der Waals surface area contributed by atoms with Crippen molar-refractivity contribution < 1.29 is 0 Å². The highest BCUT2D eigenvalue weighted by molar-refractivity contribution is 7.02. The van der Waals surface area contributed by atoms with Crippen LogP contribution in [-0.2, 0) is 0 Å². The molecular formula is C19H31NSi2. The van der Waals surface area contributed by atoms with Crippen molar-refractivity contribution in [3.63, 3.8) is 0 Å². The maximum absolute atomic E-state index is 4.19.